The third-order valence-corrected chi connectivity index (χ3v) is 3.13. The lowest BCUT2D eigenvalue weighted by Gasteiger charge is -2.23. The second kappa shape index (κ2) is 6.21. The van der Waals surface area contributed by atoms with Crippen molar-refractivity contribution in [2.45, 2.75) is 45.1 Å². The largest absolute Gasteiger partial charge is 0.466 e. The van der Waals surface area contributed by atoms with Crippen LogP contribution in [0.4, 0.5) is 0 Å². The maximum atomic E-state index is 11.3. The monoisotopic (exact) mass is 229 g/mol. The Labute approximate surface area is 97.4 Å². The van der Waals surface area contributed by atoms with Gasteiger partial charge in [0.25, 0.3) is 0 Å². The van der Waals surface area contributed by atoms with Crippen molar-refractivity contribution in [1.82, 2.24) is 5.32 Å². The average molecular weight is 229 g/mol. The van der Waals surface area contributed by atoms with Gasteiger partial charge in [-0.05, 0) is 19.8 Å². The highest BCUT2D eigenvalue weighted by Gasteiger charge is 2.30. The van der Waals surface area contributed by atoms with Crippen LogP contribution in [-0.2, 0) is 9.53 Å². The first-order chi connectivity index (χ1) is 7.57. The van der Waals surface area contributed by atoms with Crippen molar-refractivity contribution in [3.8, 4) is 0 Å². The van der Waals surface area contributed by atoms with E-state index in [1.54, 1.807) is 6.92 Å². The lowest BCUT2D eigenvalue weighted by molar-refractivity contribution is -0.147. The fourth-order valence-electron chi connectivity index (χ4n) is 2.10. The van der Waals surface area contributed by atoms with Crippen molar-refractivity contribution in [3.63, 3.8) is 0 Å². The van der Waals surface area contributed by atoms with Gasteiger partial charge in [0, 0.05) is 13.1 Å². The van der Waals surface area contributed by atoms with Gasteiger partial charge < -0.3 is 15.2 Å². The summed E-state index contributed by atoms with van der Waals surface area (Å²) in [5.41, 5.74) is -0.547. The van der Waals surface area contributed by atoms with E-state index in [0.717, 1.165) is 25.7 Å². The lowest BCUT2D eigenvalue weighted by Crippen LogP contribution is -2.40. The Bertz CT molecular complexity index is 224. The molecular weight excluding hydrogens is 206 g/mol. The topological polar surface area (TPSA) is 58.6 Å². The van der Waals surface area contributed by atoms with Gasteiger partial charge in [-0.2, -0.15) is 0 Å². The molecule has 4 nitrogen and oxygen atoms in total. The zero-order chi connectivity index (χ0) is 12.0. The molecule has 4 heteroatoms. The van der Waals surface area contributed by atoms with Gasteiger partial charge in [0.1, 0.15) is 0 Å². The molecular formula is C12H23NO3. The van der Waals surface area contributed by atoms with Crippen molar-refractivity contribution in [3.05, 3.63) is 0 Å². The first-order valence-corrected chi connectivity index (χ1v) is 6.17. The first kappa shape index (κ1) is 13.5. The van der Waals surface area contributed by atoms with Crippen LogP contribution in [0.5, 0.6) is 0 Å². The summed E-state index contributed by atoms with van der Waals surface area (Å²) in [6.07, 6.45) is 3.94. The first-order valence-electron chi connectivity index (χ1n) is 6.17. The van der Waals surface area contributed by atoms with Crippen LogP contribution in [0, 0.1) is 5.92 Å². The highest BCUT2D eigenvalue weighted by atomic mass is 16.5. The molecule has 1 fully saturated rings. The predicted octanol–water partition coefficient (Wildman–Crippen LogP) is 1.08. The van der Waals surface area contributed by atoms with Gasteiger partial charge in [-0.1, -0.05) is 19.8 Å². The summed E-state index contributed by atoms with van der Waals surface area (Å²) in [4.78, 5) is 11.3. The van der Waals surface area contributed by atoms with Gasteiger partial charge in [-0.15, -0.1) is 0 Å². The number of carbonyl (C=O) groups is 1. The molecule has 1 saturated carbocycles. The van der Waals surface area contributed by atoms with Crippen LogP contribution >= 0.6 is 0 Å². The van der Waals surface area contributed by atoms with E-state index in [4.69, 9.17) is 4.74 Å². The number of ether oxygens (including phenoxy) is 1. The van der Waals surface area contributed by atoms with Crippen LogP contribution in [0.1, 0.15) is 39.5 Å². The van der Waals surface area contributed by atoms with E-state index in [-0.39, 0.29) is 11.9 Å². The average Bonchev–Trinajstić information content (AvgIpc) is 2.65. The maximum absolute atomic E-state index is 11.3. The highest BCUT2D eigenvalue weighted by Crippen LogP contribution is 2.28. The molecule has 94 valence electrons. The Hall–Kier alpha value is -0.610. The van der Waals surface area contributed by atoms with Crippen LogP contribution in [0.25, 0.3) is 0 Å². The van der Waals surface area contributed by atoms with Gasteiger partial charge >= 0.3 is 5.97 Å². The van der Waals surface area contributed by atoms with Gasteiger partial charge in [-0.25, -0.2) is 0 Å². The zero-order valence-corrected chi connectivity index (χ0v) is 10.3. The summed E-state index contributed by atoms with van der Waals surface area (Å²) < 4.78 is 4.91. The molecule has 1 aliphatic carbocycles. The molecule has 0 aromatic rings. The van der Waals surface area contributed by atoms with Gasteiger partial charge in [0.05, 0.1) is 18.1 Å². The molecule has 0 radical (unpaired) electrons. The van der Waals surface area contributed by atoms with Gasteiger partial charge in [0.15, 0.2) is 0 Å². The van der Waals surface area contributed by atoms with Crippen LogP contribution < -0.4 is 5.32 Å². The van der Waals surface area contributed by atoms with Gasteiger partial charge in [-0.3, -0.25) is 4.79 Å². The molecule has 1 unspecified atom stereocenters. The fraction of sp³-hybridized carbons (Fsp3) is 0.917. The number of aliphatic hydroxyl groups is 1. The fourth-order valence-corrected chi connectivity index (χ4v) is 2.10. The normalized spacial score (nSPS) is 20.7. The van der Waals surface area contributed by atoms with E-state index in [0.29, 0.717) is 19.7 Å². The summed E-state index contributed by atoms with van der Waals surface area (Å²) in [7, 11) is 0. The smallest absolute Gasteiger partial charge is 0.309 e. The van der Waals surface area contributed by atoms with Crippen molar-refractivity contribution >= 4 is 5.97 Å². The molecule has 0 spiro atoms. The van der Waals surface area contributed by atoms with E-state index in [1.165, 1.54) is 0 Å². The second-order valence-electron chi connectivity index (χ2n) is 4.72. The van der Waals surface area contributed by atoms with Crippen LogP contribution in [0.15, 0.2) is 0 Å². The van der Waals surface area contributed by atoms with Crippen molar-refractivity contribution in [2.75, 3.05) is 19.7 Å². The summed E-state index contributed by atoms with van der Waals surface area (Å²) >= 11 is 0. The standard InChI is InChI=1S/C12H23NO3/c1-3-16-11(14)10(2)8-13-9-12(15)6-4-5-7-12/h10,13,15H,3-9H2,1-2H3. The quantitative estimate of drug-likeness (QED) is 0.669. The molecule has 1 rings (SSSR count). The molecule has 1 atom stereocenters. The van der Waals surface area contributed by atoms with Crippen LogP contribution in [0.2, 0.25) is 0 Å². The molecule has 0 aliphatic heterocycles. The van der Waals surface area contributed by atoms with Crippen molar-refractivity contribution < 1.29 is 14.6 Å². The number of carbonyl (C=O) groups excluding carboxylic acids is 1. The van der Waals surface area contributed by atoms with Crippen molar-refractivity contribution in [2.24, 2.45) is 5.92 Å². The third kappa shape index (κ3) is 4.10. The van der Waals surface area contributed by atoms with E-state index < -0.39 is 5.60 Å². The molecule has 2 N–H and O–H groups in total. The minimum atomic E-state index is -0.547. The molecule has 0 amide bonds. The molecule has 16 heavy (non-hydrogen) atoms. The molecule has 1 aliphatic rings. The number of hydrogen-bond acceptors (Lipinski definition) is 4. The minimum Gasteiger partial charge on any atom is -0.466 e. The van der Waals surface area contributed by atoms with E-state index in [2.05, 4.69) is 5.32 Å². The number of esters is 1. The van der Waals surface area contributed by atoms with E-state index in [1.807, 2.05) is 6.92 Å². The van der Waals surface area contributed by atoms with Gasteiger partial charge in [0.2, 0.25) is 0 Å². The van der Waals surface area contributed by atoms with Crippen molar-refractivity contribution in [1.29, 1.82) is 0 Å². The summed E-state index contributed by atoms with van der Waals surface area (Å²) in [6.45, 7) is 5.22. The number of hydrogen-bond donors (Lipinski definition) is 2. The second-order valence-corrected chi connectivity index (χ2v) is 4.72. The van der Waals surface area contributed by atoms with E-state index >= 15 is 0 Å². The zero-order valence-electron chi connectivity index (χ0n) is 10.3. The predicted molar refractivity (Wildman–Crippen MR) is 62.1 cm³/mol. The Kier molecular flexibility index (Phi) is 5.22. The summed E-state index contributed by atoms with van der Waals surface area (Å²) in [6, 6.07) is 0. The van der Waals surface area contributed by atoms with Crippen LogP contribution in [-0.4, -0.2) is 36.4 Å². The number of nitrogens with one attached hydrogen (secondary N) is 1. The Balaban J connectivity index is 2.17. The minimum absolute atomic E-state index is 0.148. The number of rotatable bonds is 6. The summed E-state index contributed by atoms with van der Waals surface area (Å²) in [5.74, 6) is -0.321. The van der Waals surface area contributed by atoms with E-state index in [9.17, 15) is 9.90 Å². The Morgan fingerprint density at radius 2 is 2.12 bits per heavy atom. The van der Waals surface area contributed by atoms with Crippen LogP contribution in [0.3, 0.4) is 0 Å². The molecule has 0 aromatic carbocycles. The highest BCUT2D eigenvalue weighted by molar-refractivity contribution is 5.72. The Morgan fingerprint density at radius 3 is 2.69 bits per heavy atom. The third-order valence-electron chi connectivity index (χ3n) is 3.13. The molecule has 0 heterocycles. The molecule has 0 aromatic heterocycles. The maximum Gasteiger partial charge on any atom is 0.309 e. The molecule has 0 saturated heterocycles. The SMILES string of the molecule is CCOC(=O)C(C)CNCC1(O)CCCC1. The summed E-state index contributed by atoms with van der Waals surface area (Å²) in [5, 5.41) is 13.2. The molecule has 0 bridgehead atoms. The lowest BCUT2D eigenvalue weighted by atomic mass is 10.0. The Morgan fingerprint density at radius 1 is 1.50 bits per heavy atom.